The fourth-order valence-electron chi connectivity index (χ4n) is 4.23. The van der Waals surface area contributed by atoms with E-state index >= 15 is 0 Å². The van der Waals surface area contributed by atoms with Crippen molar-refractivity contribution in [1.29, 1.82) is 0 Å². The van der Waals surface area contributed by atoms with Crippen molar-refractivity contribution in [3.63, 3.8) is 0 Å². The Labute approximate surface area is 254 Å². The maximum atomic E-state index is 12.8. The first-order chi connectivity index (χ1) is 20.8. The Bertz CT molecular complexity index is 1840. The maximum Gasteiger partial charge on any atom is 0.243 e. The average Bonchev–Trinajstić information content (AvgIpc) is 3.00. The SMILES string of the molecule is COc1cc(Nc2nc3ccccc3nc2N(c2cccc(NC(=O)CNc3ccccc3Cl)c2)[SH](=O)=O)cc(OC)c1. The van der Waals surface area contributed by atoms with Crippen molar-refractivity contribution in [3.05, 3.63) is 96.0 Å². The Hall–Kier alpha value is -5.07. The molecular weight excluding hydrogens is 592 g/mol. The molecule has 5 aromatic rings. The summed E-state index contributed by atoms with van der Waals surface area (Å²) in [5, 5.41) is 9.42. The number of anilines is 6. The molecule has 0 fully saturated rings. The van der Waals surface area contributed by atoms with E-state index in [0.29, 0.717) is 44.6 Å². The van der Waals surface area contributed by atoms with Crippen LogP contribution in [0.5, 0.6) is 11.5 Å². The van der Waals surface area contributed by atoms with Gasteiger partial charge in [0.1, 0.15) is 11.5 Å². The van der Waals surface area contributed by atoms with Crippen LogP contribution in [0.2, 0.25) is 5.02 Å². The summed E-state index contributed by atoms with van der Waals surface area (Å²) in [5.74, 6) is 0.898. The van der Waals surface area contributed by atoms with Crippen molar-refractivity contribution in [2.75, 3.05) is 41.0 Å². The van der Waals surface area contributed by atoms with Crippen LogP contribution in [-0.4, -0.2) is 45.1 Å². The van der Waals surface area contributed by atoms with E-state index in [1.807, 2.05) is 6.07 Å². The van der Waals surface area contributed by atoms with Gasteiger partial charge < -0.3 is 25.4 Å². The molecule has 1 aromatic heterocycles. The van der Waals surface area contributed by atoms with Gasteiger partial charge in [0, 0.05) is 29.6 Å². The molecule has 0 saturated heterocycles. The highest BCUT2D eigenvalue weighted by Crippen LogP contribution is 2.35. The minimum Gasteiger partial charge on any atom is -0.497 e. The third-order valence-electron chi connectivity index (χ3n) is 6.22. The van der Waals surface area contributed by atoms with Crippen molar-refractivity contribution in [2.24, 2.45) is 0 Å². The summed E-state index contributed by atoms with van der Waals surface area (Å²) in [6, 6.07) is 25.8. The number of hydrogen-bond acceptors (Lipinski definition) is 9. The summed E-state index contributed by atoms with van der Waals surface area (Å²) in [6.07, 6.45) is 0. The minimum absolute atomic E-state index is 0.0282. The zero-order valence-electron chi connectivity index (χ0n) is 23.1. The summed E-state index contributed by atoms with van der Waals surface area (Å²) in [4.78, 5) is 22.0. The second-order valence-electron chi connectivity index (χ2n) is 9.09. The standard InChI is InChI=1S/C30H27ClN6O5S/c1-41-22-15-20(16-23(17-22)42-2)34-29-30(36-27-13-6-5-12-26(27)35-29)37(43(39)40)21-9-7-8-19(14-21)33-28(38)18-32-25-11-4-3-10-24(25)31/h3-17,32,43H,18H2,1-2H3,(H,33,38)(H,34,35). The lowest BCUT2D eigenvalue weighted by atomic mass is 10.2. The smallest absolute Gasteiger partial charge is 0.243 e. The number of halogens is 1. The molecular formula is C30H27ClN6O5S. The van der Waals surface area contributed by atoms with Gasteiger partial charge in [-0.3, -0.25) is 4.79 Å². The van der Waals surface area contributed by atoms with Crippen LogP contribution in [0.25, 0.3) is 11.0 Å². The number of benzene rings is 4. The highest BCUT2D eigenvalue weighted by molar-refractivity contribution is 7.74. The van der Waals surface area contributed by atoms with Gasteiger partial charge in [-0.2, -0.15) is 0 Å². The second-order valence-corrected chi connectivity index (χ2v) is 10.4. The van der Waals surface area contributed by atoms with E-state index in [1.54, 1.807) is 78.9 Å². The number of nitrogens with zero attached hydrogens (tertiary/aromatic N) is 3. The van der Waals surface area contributed by atoms with Crippen molar-refractivity contribution < 1.29 is 22.7 Å². The van der Waals surface area contributed by atoms with Gasteiger partial charge in [0.15, 0.2) is 11.6 Å². The zero-order valence-corrected chi connectivity index (χ0v) is 24.7. The number of carbonyl (C=O) groups excluding carboxylic acids is 1. The molecule has 0 aliphatic rings. The molecule has 4 aromatic carbocycles. The van der Waals surface area contributed by atoms with Crippen LogP contribution in [0.4, 0.5) is 34.4 Å². The largest absolute Gasteiger partial charge is 0.497 e. The number of ether oxygens (including phenoxy) is 2. The van der Waals surface area contributed by atoms with Crippen molar-refractivity contribution >= 4 is 73.8 Å². The predicted octanol–water partition coefficient (Wildman–Crippen LogP) is 5.76. The van der Waals surface area contributed by atoms with E-state index in [1.165, 1.54) is 20.3 Å². The van der Waals surface area contributed by atoms with Gasteiger partial charge in [-0.25, -0.2) is 22.7 Å². The number of rotatable bonds is 11. The van der Waals surface area contributed by atoms with Gasteiger partial charge in [0.2, 0.25) is 16.8 Å². The Morgan fingerprint density at radius 1 is 0.837 bits per heavy atom. The van der Waals surface area contributed by atoms with Crippen LogP contribution in [0.15, 0.2) is 91.0 Å². The quantitative estimate of drug-likeness (QED) is 0.136. The maximum absolute atomic E-state index is 12.8. The number of amides is 1. The molecule has 0 atom stereocenters. The molecule has 0 unspecified atom stereocenters. The number of nitrogens with one attached hydrogen (secondary N) is 3. The van der Waals surface area contributed by atoms with Crippen LogP contribution >= 0.6 is 11.6 Å². The first kappa shape index (κ1) is 29.4. The van der Waals surface area contributed by atoms with E-state index in [4.69, 9.17) is 21.1 Å². The Morgan fingerprint density at radius 3 is 2.19 bits per heavy atom. The number of aromatic nitrogens is 2. The summed E-state index contributed by atoms with van der Waals surface area (Å²) in [5.41, 5.74) is 2.82. The number of hydrogen-bond donors (Lipinski definition) is 4. The molecule has 0 aliphatic heterocycles. The molecule has 1 amide bonds. The molecule has 0 spiro atoms. The van der Waals surface area contributed by atoms with Gasteiger partial charge in [-0.15, -0.1) is 0 Å². The van der Waals surface area contributed by atoms with E-state index in [0.717, 1.165) is 4.31 Å². The average molecular weight is 619 g/mol. The topological polar surface area (TPSA) is 135 Å². The Morgan fingerprint density at radius 2 is 1.51 bits per heavy atom. The van der Waals surface area contributed by atoms with Gasteiger partial charge in [-0.05, 0) is 42.5 Å². The van der Waals surface area contributed by atoms with Crippen molar-refractivity contribution in [1.82, 2.24) is 9.97 Å². The third kappa shape index (κ3) is 7.05. The van der Waals surface area contributed by atoms with Crippen molar-refractivity contribution in [2.45, 2.75) is 0 Å². The van der Waals surface area contributed by atoms with E-state index in [-0.39, 0.29) is 29.8 Å². The van der Waals surface area contributed by atoms with E-state index in [9.17, 15) is 13.2 Å². The fourth-order valence-corrected chi connectivity index (χ4v) is 5.04. The predicted molar refractivity (Wildman–Crippen MR) is 170 cm³/mol. The normalized spacial score (nSPS) is 10.8. The molecule has 3 N–H and O–H groups in total. The van der Waals surface area contributed by atoms with Crippen LogP contribution in [-0.2, 0) is 15.7 Å². The van der Waals surface area contributed by atoms with E-state index in [2.05, 4.69) is 25.9 Å². The highest BCUT2D eigenvalue weighted by atomic mass is 35.5. The Balaban J connectivity index is 1.48. The molecule has 43 heavy (non-hydrogen) atoms. The van der Waals surface area contributed by atoms with Crippen LogP contribution in [0, 0.1) is 0 Å². The first-order valence-electron chi connectivity index (χ1n) is 12.9. The van der Waals surface area contributed by atoms with Gasteiger partial charge >= 0.3 is 0 Å². The summed E-state index contributed by atoms with van der Waals surface area (Å²) in [6.45, 7) is -0.0539. The third-order valence-corrected chi connectivity index (χ3v) is 7.29. The lowest BCUT2D eigenvalue weighted by Gasteiger charge is -2.21. The monoisotopic (exact) mass is 618 g/mol. The highest BCUT2D eigenvalue weighted by Gasteiger charge is 2.21. The summed E-state index contributed by atoms with van der Waals surface area (Å²) in [7, 11) is -0.193. The number of methoxy groups -OCH3 is 2. The van der Waals surface area contributed by atoms with Crippen molar-refractivity contribution in [3.8, 4) is 11.5 Å². The zero-order chi connectivity index (χ0) is 30.3. The first-order valence-corrected chi connectivity index (χ1v) is 14.4. The molecule has 11 nitrogen and oxygen atoms in total. The van der Waals surface area contributed by atoms with Crippen LogP contribution < -0.4 is 29.7 Å². The second kappa shape index (κ2) is 13.3. The van der Waals surface area contributed by atoms with Crippen LogP contribution in [0.3, 0.4) is 0 Å². The fraction of sp³-hybridized carbons (Fsp3) is 0.100. The molecule has 0 saturated carbocycles. The molecule has 0 radical (unpaired) electrons. The molecule has 5 rings (SSSR count). The molecule has 220 valence electrons. The number of thiol groups is 1. The molecule has 13 heteroatoms. The van der Waals surface area contributed by atoms with E-state index < -0.39 is 10.9 Å². The number of fused-ring (bicyclic) bond motifs is 1. The number of carbonyl (C=O) groups is 1. The Kier molecular flexibility index (Phi) is 9.08. The van der Waals surface area contributed by atoms with Crippen LogP contribution in [0.1, 0.15) is 0 Å². The molecule has 0 aliphatic carbocycles. The van der Waals surface area contributed by atoms with Gasteiger partial charge in [0.05, 0.1) is 48.2 Å². The summed E-state index contributed by atoms with van der Waals surface area (Å²) >= 11 is 6.16. The van der Waals surface area contributed by atoms with Gasteiger partial charge in [0.25, 0.3) is 0 Å². The minimum atomic E-state index is -3.25. The number of para-hydroxylation sites is 3. The summed E-state index contributed by atoms with van der Waals surface area (Å²) < 4.78 is 37.4. The lowest BCUT2D eigenvalue weighted by molar-refractivity contribution is -0.114. The molecule has 1 heterocycles. The lowest BCUT2D eigenvalue weighted by Crippen LogP contribution is -2.22. The molecule has 0 bridgehead atoms. The van der Waals surface area contributed by atoms with Gasteiger partial charge in [-0.1, -0.05) is 41.9 Å².